The van der Waals surface area contributed by atoms with E-state index < -0.39 is 29.3 Å². The summed E-state index contributed by atoms with van der Waals surface area (Å²) >= 11 is 0. The molecule has 0 saturated heterocycles. The van der Waals surface area contributed by atoms with Crippen molar-refractivity contribution in [1.29, 1.82) is 0 Å². The summed E-state index contributed by atoms with van der Waals surface area (Å²) in [5.74, 6) is -0.616. The standard InChI is InChI=1S/C26H33NO5/c1-25(2,3)31-16-22(23(28)32-26(4,5)6)27-24(29)30-15-21-19-13-9-7-11-17(19)18-12-8-10-14-20(18)21/h7-14,21-22H,15-16H2,1-6H3,(H,27,29). The van der Waals surface area contributed by atoms with E-state index in [-0.39, 0.29) is 19.1 Å². The fourth-order valence-corrected chi connectivity index (χ4v) is 3.66. The van der Waals surface area contributed by atoms with Gasteiger partial charge >= 0.3 is 12.1 Å². The zero-order valence-electron chi connectivity index (χ0n) is 19.7. The van der Waals surface area contributed by atoms with Gasteiger partial charge in [-0.1, -0.05) is 48.5 Å². The normalized spacial score (nSPS) is 14.3. The number of hydrogen-bond donors (Lipinski definition) is 1. The van der Waals surface area contributed by atoms with Gasteiger partial charge in [-0.05, 0) is 63.8 Å². The van der Waals surface area contributed by atoms with Gasteiger partial charge in [0.2, 0.25) is 0 Å². The molecular weight excluding hydrogens is 406 g/mol. The average Bonchev–Trinajstić information content (AvgIpc) is 3.01. The van der Waals surface area contributed by atoms with Crippen LogP contribution in [0, 0.1) is 0 Å². The van der Waals surface area contributed by atoms with Gasteiger partial charge in [-0.25, -0.2) is 9.59 Å². The average molecular weight is 440 g/mol. The van der Waals surface area contributed by atoms with Crippen LogP contribution >= 0.6 is 0 Å². The van der Waals surface area contributed by atoms with Crippen LogP contribution in [0.2, 0.25) is 0 Å². The van der Waals surface area contributed by atoms with Crippen LogP contribution in [-0.4, -0.2) is 42.5 Å². The van der Waals surface area contributed by atoms with E-state index in [2.05, 4.69) is 29.6 Å². The summed E-state index contributed by atoms with van der Waals surface area (Å²) in [6, 6.07) is 15.3. The summed E-state index contributed by atoms with van der Waals surface area (Å²) in [6.07, 6.45) is -0.680. The molecule has 32 heavy (non-hydrogen) atoms. The third kappa shape index (κ3) is 6.10. The van der Waals surface area contributed by atoms with Crippen molar-refractivity contribution in [3.8, 4) is 11.1 Å². The smallest absolute Gasteiger partial charge is 0.407 e. The summed E-state index contributed by atoms with van der Waals surface area (Å²) in [5, 5.41) is 2.62. The third-order valence-corrected chi connectivity index (χ3v) is 5.01. The second-order valence-corrected chi connectivity index (χ2v) is 9.98. The van der Waals surface area contributed by atoms with Crippen molar-refractivity contribution in [3.05, 3.63) is 59.7 Å². The Hall–Kier alpha value is -2.86. The topological polar surface area (TPSA) is 73.9 Å². The predicted molar refractivity (Wildman–Crippen MR) is 124 cm³/mol. The van der Waals surface area contributed by atoms with Gasteiger partial charge in [0.1, 0.15) is 12.2 Å². The molecule has 0 spiro atoms. The number of amides is 1. The summed E-state index contributed by atoms with van der Waals surface area (Å²) in [5.41, 5.74) is 3.41. The molecule has 2 aromatic rings. The van der Waals surface area contributed by atoms with E-state index in [1.807, 2.05) is 45.0 Å². The predicted octanol–water partition coefficient (Wildman–Crippen LogP) is 5.05. The Balaban J connectivity index is 1.68. The number of rotatable bonds is 6. The second-order valence-electron chi connectivity index (χ2n) is 9.98. The van der Waals surface area contributed by atoms with Crippen molar-refractivity contribution < 1.29 is 23.8 Å². The molecule has 3 rings (SSSR count). The van der Waals surface area contributed by atoms with Crippen LogP contribution in [0.3, 0.4) is 0 Å². The Labute approximate surface area is 190 Å². The van der Waals surface area contributed by atoms with Gasteiger partial charge in [-0.2, -0.15) is 0 Å². The number of alkyl carbamates (subject to hydrolysis) is 1. The van der Waals surface area contributed by atoms with Crippen molar-refractivity contribution in [1.82, 2.24) is 5.32 Å². The molecule has 1 aliphatic carbocycles. The molecule has 6 heteroatoms. The molecule has 172 valence electrons. The largest absolute Gasteiger partial charge is 0.458 e. The maximum atomic E-state index is 12.6. The first kappa shape index (κ1) is 23.8. The molecule has 0 fully saturated rings. The van der Waals surface area contributed by atoms with E-state index in [9.17, 15) is 9.59 Å². The maximum Gasteiger partial charge on any atom is 0.407 e. The molecule has 6 nitrogen and oxygen atoms in total. The maximum absolute atomic E-state index is 12.6. The molecule has 0 aliphatic heterocycles. The molecule has 1 unspecified atom stereocenters. The van der Waals surface area contributed by atoms with E-state index in [0.29, 0.717) is 0 Å². The Bertz CT molecular complexity index is 925. The van der Waals surface area contributed by atoms with Crippen LogP contribution in [0.4, 0.5) is 4.79 Å². The number of hydrogen-bond acceptors (Lipinski definition) is 5. The number of esters is 1. The van der Waals surface area contributed by atoms with Crippen LogP contribution in [0.1, 0.15) is 58.6 Å². The fraction of sp³-hybridized carbons (Fsp3) is 0.462. The first-order valence-corrected chi connectivity index (χ1v) is 10.9. The molecule has 0 heterocycles. The van der Waals surface area contributed by atoms with Gasteiger partial charge in [-0.15, -0.1) is 0 Å². The lowest BCUT2D eigenvalue weighted by molar-refractivity contribution is -0.160. The van der Waals surface area contributed by atoms with Gasteiger partial charge in [0.05, 0.1) is 12.2 Å². The third-order valence-electron chi connectivity index (χ3n) is 5.01. The number of ether oxygens (including phenoxy) is 3. The lowest BCUT2D eigenvalue weighted by Gasteiger charge is -2.27. The number of carbonyl (C=O) groups excluding carboxylic acids is 2. The van der Waals surface area contributed by atoms with E-state index in [0.717, 1.165) is 22.3 Å². The molecule has 2 aromatic carbocycles. The number of carbonyl (C=O) groups is 2. The molecule has 1 atom stereocenters. The summed E-state index contributed by atoms with van der Waals surface area (Å²) in [4.78, 5) is 25.3. The minimum atomic E-state index is -0.968. The highest BCUT2D eigenvalue weighted by Gasteiger charge is 2.31. The monoisotopic (exact) mass is 439 g/mol. The van der Waals surface area contributed by atoms with Gasteiger partial charge in [0, 0.05) is 5.92 Å². The molecule has 1 N–H and O–H groups in total. The second kappa shape index (κ2) is 9.33. The van der Waals surface area contributed by atoms with Crippen LogP contribution < -0.4 is 5.32 Å². The lowest BCUT2D eigenvalue weighted by Crippen LogP contribution is -2.48. The van der Waals surface area contributed by atoms with E-state index in [1.165, 1.54) is 0 Å². The van der Waals surface area contributed by atoms with Crippen molar-refractivity contribution in [2.24, 2.45) is 0 Å². The molecule has 1 aliphatic rings. The number of fused-ring (bicyclic) bond motifs is 3. The van der Waals surface area contributed by atoms with Gasteiger partial charge in [0.25, 0.3) is 0 Å². The van der Waals surface area contributed by atoms with Crippen molar-refractivity contribution >= 4 is 12.1 Å². The van der Waals surface area contributed by atoms with E-state index in [4.69, 9.17) is 14.2 Å². The Morgan fingerprint density at radius 3 is 1.91 bits per heavy atom. The molecular formula is C26H33NO5. The quantitative estimate of drug-likeness (QED) is 0.638. The zero-order chi connectivity index (χ0) is 23.5. The van der Waals surface area contributed by atoms with E-state index >= 15 is 0 Å². The van der Waals surface area contributed by atoms with Crippen molar-refractivity contribution in [3.63, 3.8) is 0 Å². The summed E-state index contributed by atoms with van der Waals surface area (Å²) in [6.45, 7) is 11.1. The fourth-order valence-electron chi connectivity index (χ4n) is 3.66. The molecule has 1 amide bonds. The summed E-state index contributed by atoms with van der Waals surface area (Å²) in [7, 11) is 0. The highest BCUT2D eigenvalue weighted by Crippen LogP contribution is 2.44. The summed E-state index contributed by atoms with van der Waals surface area (Å²) < 4.78 is 16.7. The Morgan fingerprint density at radius 2 is 1.41 bits per heavy atom. The minimum absolute atomic E-state index is 0.0113. The first-order chi connectivity index (χ1) is 14.9. The van der Waals surface area contributed by atoms with Gasteiger partial charge in [0.15, 0.2) is 6.04 Å². The van der Waals surface area contributed by atoms with Crippen LogP contribution in [-0.2, 0) is 19.0 Å². The van der Waals surface area contributed by atoms with Crippen molar-refractivity contribution in [2.75, 3.05) is 13.2 Å². The SMILES string of the molecule is CC(C)(C)OCC(NC(=O)OCC1c2ccccc2-c2ccccc21)C(=O)OC(C)(C)C. The van der Waals surface area contributed by atoms with Crippen LogP contribution in [0.25, 0.3) is 11.1 Å². The van der Waals surface area contributed by atoms with Gasteiger partial charge in [-0.3, -0.25) is 0 Å². The molecule has 0 radical (unpaired) electrons. The van der Waals surface area contributed by atoms with Crippen molar-refractivity contribution in [2.45, 2.75) is 64.7 Å². The minimum Gasteiger partial charge on any atom is -0.458 e. The Morgan fingerprint density at radius 1 is 0.875 bits per heavy atom. The molecule has 0 aromatic heterocycles. The van der Waals surface area contributed by atoms with Crippen LogP contribution in [0.5, 0.6) is 0 Å². The number of nitrogens with one attached hydrogen (secondary N) is 1. The first-order valence-electron chi connectivity index (χ1n) is 10.9. The molecule has 0 saturated carbocycles. The zero-order valence-corrected chi connectivity index (χ0v) is 19.7. The highest BCUT2D eigenvalue weighted by atomic mass is 16.6. The molecule has 0 bridgehead atoms. The van der Waals surface area contributed by atoms with Gasteiger partial charge < -0.3 is 19.5 Å². The van der Waals surface area contributed by atoms with E-state index in [1.54, 1.807) is 20.8 Å². The highest BCUT2D eigenvalue weighted by molar-refractivity contribution is 5.82. The Kier molecular flexibility index (Phi) is 6.94. The number of benzene rings is 2. The lowest BCUT2D eigenvalue weighted by atomic mass is 9.98. The van der Waals surface area contributed by atoms with Crippen LogP contribution in [0.15, 0.2) is 48.5 Å².